The minimum absolute atomic E-state index is 0.123. The van der Waals surface area contributed by atoms with Gasteiger partial charge >= 0.3 is 5.97 Å². The number of hydrogen-bond acceptors (Lipinski definition) is 4. The fraction of sp³-hybridized carbons (Fsp3) is 0.235. The quantitative estimate of drug-likeness (QED) is 0.124. The first-order valence-electron chi connectivity index (χ1n) is 13.7. The van der Waals surface area contributed by atoms with Gasteiger partial charge in [-0.25, -0.2) is 4.98 Å². The molecule has 5 nitrogen and oxygen atoms in total. The van der Waals surface area contributed by atoms with Crippen molar-refractivity contribution in [3.63, 3.8) is 0 Å². The summed E-state index contributed by atoms with van der Waals surface area (Å²) in [6.07, 6.45) is 3.10. The zero-order valence-electron chi connectivity index (χ0n) is 22.4. The SMILES string of the molecule is CCOC(=O)CCCCCOc1ccccc1Cn1c(-c2ccc(-c3ccccc3)cc2)nc2ccccc21. The summed E-state index contributed by atoms with van der Waals surface area (Å²) in [4.78, 5) is 16.6. The number of aromatic nitrogens is 2. The van der Waals surface area contributed by atoms with Crippen LogP contribution in [-0.4, -0.2) is 28.7 Å². The zero-order valence-corrected chi connectivity index (χ0v) is 22.4. The maximum atomic E-state index is 11.5. The topological polar surface area (TPSA) is 53.4 Å². The summed E-state index contributed by atoms with van der Waals surface area (Å²) in [6, 6.07) is 35.5. The molecule has 0 fully saturated rings. The van der Waals surface area contributed by atoms with E-state index >= 15 is 0 Å². The van der Waals surface area contributed by atoms with Crippen LogP contribution in [0.5, 0.6) is 5.75 Å². The lowest BCUT2D eigenvalue weighted by Gasteiger charge is -2.15. The van der Waals surface area contributed by atoms with Crippen LogP contribution < -0.4 is 4.74 Å². The van der Waals surface area contributed by atoms with E-state index in [4.69, 9.17) is 14.5 Å². The largest absolute Gasteiger partial charge is 0.493 e. The van der Waals surface area contributed by atoms with Gasteiger partial charge in [-0.1, -0.05) is 84.9 Å². The van der Waals surface area contributed by atoms with Gasteiger partial charge in [0.15, 0.2) is 0 Å². The van der Waals surface area contributed by atoms with Crippen LogP contribution in [0, 0.1) is 0 Å². The number of rotatable bonds is 12. The summed E-state index contributed by atoms with van der Waals surface area (Å²) in [6.45, 7) is 3.53. The maximum absolute atomic E-state index is 11.5. The lowest BCUT2D eigenvalue weighted by Crippen LogP contribution is -2.06. The van der Waals surface area contributed by atoms with E-state index in [0.717, 1.165) is 53.0 Å². The standard InChI is InChI=1S/C34H34N2O3/c1-2-38-33(37)19-7-4-12-24-39-32-18-11-8-15-29(32)25-36-31-17-10-9-16-30(31)35-34(36)28-22-20-27(21-23-28)26-13-5-3-6-14-26/h3,5-6,8-11,13-18,20-23H,2,4,7,12,19,24-25H2,1H3. The van der Waals surface area contributed by atoms with Gasteiger partial charge in [0.25, 0.3) is 0 Å². The lowest BCUT2D eigenvalue weighted by molar-refractivity contribution is -0.143. The van der Waals surface area contributed by atoms with Gasteiger partial charge in [-0.2, -0.15) is 0 Å². The number of hydrogen-bond donors (Lipinski definition) is 0. The molecule has 0 unspecified atom stereocenters. The number of carbonyl (C=O) groups excluding carboxylic acids is 1. The number of unbranched alkanes of at least 4 members (excludes halogenated alkanes) is 2. The normalized spacial score (nSPS) is 11.0. The minimum Gasteiger partial charge on any atom is -0.493 e. The van der Waals surface area contributed by atoms with Gasteiger partial charge in [-0.3, -0.25) is 4.79 Å². The predicted molar refractivity (Wildman–Crippen MR) is 157 cm³/mol. The van der Waals surface area contributed by atoms with E-state index in [2.05, 4.69) is 83.4 Å². The molecule has 1 aromatic heterocycles. The van der Waals surface area contributed by atoms with E-state index in [-0.39, 0.29) is 5.97 Å². The first-order chi connectivity index (χ1) is 19.2. The average Bonchev–Trinajstić information content (AvgIpc) is 3.34. The third-order valence-electron chi connectivity index (χ3n) is 6.79. The molecular weight excluding hydrogens is 484 g/mol. The predicted octanol–water partition coefficient (Wildman–Crippen LogP) is 7.92. The Hall–Kier alpha value is -4.38. The van der Waals surface area contributed by atoms with Crippen molar-refractivity contribution in [2.45, 2.75) is 39.2 Å². The molecule has 0 atom stereocenters. The van der Waals surface area contributed by atoms with Crippen LogP contribution in [0.15, 0.2) is 103 Å². The molecule has 0 saturated heterocycles. The summed E-state index contributed by atoms with van der Waals surface area (Å²) in [5, 5.41) is 0. The fourth-order valence-corrected chi connectivity index (χ4v) is 4.81. The summed E-state index contributed by atoms with van der Waals surface area (Å²) in [5.41, 5.74) is 6.63. The number of imidazole rings is 1. The van der Waals surface area contributed by atoms with Crippen LogP contribution in [0.4, 0.5) is 0 Å². The first-order valence-corrected chi connectivity index (χ1v) is 13.7. The van der Waals surface area contributed by atoms with Crippen LogP contribution in [0.1, 0.15) is 38.2 Å². The van der Waals surface area contributed by atoms with E-state index in [9.17, 15) is 4.79 Å². The van der Waals surface area contributed by atoms with Gasteiger partial charge in [0.05, 0.1) is 30.8 Å². The lowest BCUT2D eigenvalue weighted by atomic mass is 10.0. The third-order valence-corrected chi connectivity index (χ3v) is 6.79. The van der Waals surface area contributed by atoms with Gasteiger partial charge in [0.1, 0.15) is 11.6 Å². The molecule has 0 aliphatic heterocycles. The molecular formula is C34H34N2O3. The monoisotopic (exact) mass is 518 g/mol. The number of carbonyl (C=O) groups is 1. The van der Waals surface area contributed by atoms with Crippen LogP contribution in [-0.2, 0) is 16.1 Å². The molecule has 5 rings (SSSR count). The molecule has 198 valence electrons. The Labute approximate surface area is 230 Å². The Morgan fingerprint density at radius 2 is 1.44 bits per heavy atom. The van der Waals surface area contributed by atoms with E-state index in [0.29, 0.717) is 26.2 Å². The van der Waals surface area contributed by atoms with E-state index < -0.39 is 0 Å². The van der Waals surface area contributed by atoms with Crippen molar-refractivity contribution < 1.29 is 14.3 Å². The number of benzene rings is 4. The number of esters is 1. The highest BCUT2D eigenvalue weighted by Gasteiger charge is 2.15. The molecule has 0 N–H and O–H groups in total. The molecule has 5 heteroatoms. The third kappa shape index (κ3) is 6.55. The molecule has 0 aliphatic rings. The van der Waals surface area contributed by atoms with E-state index in [1.807, 2.05) is 31.2 Å². The Bertz CT molecular complexity index is 1510. The number of nitrogens with zero attached hydrogens (tertiary/aromatic N) is 2. The molecule has 0 bridgehead atoms. The van der Waals surface area contributed by atoms with Crippen LogP contribution >= 0.6 is 0 Å². The van der Waals surface area contributed by atoms with Crippen LogP contribution in [0.3, 0.4) is 0 Å². The molecule has 0 saturated carbocycles. The van der Waals surface area contributed by atoms with Crippen molar-refractivity contribution in [3.8, 4) is 28.3 Å². The Morgan fingerprint density at radius 3 is 2.26 bits per heavy atom. The molecule has 0 aliphatic carbocycles. The Morgan fingerprint density at radius 1 is 0.744 bits per heavy atom. The fourth-order valence-electron chi connectivity index (χ4n) is 4.81. The van der Waals surface area contributed by atoms with Gasteiger partial charge in [-0.15, -0.1) is 0 Å². The second-order valence-corrected chi connectivity index (χ2v) is 9.53. The highest BCUT2D eigenvalue weighted by molar-refractivity contribution is 5.81. The minimum atomic E-state index is -0.123. The molecule has 0 amide bonds. The summed E-state index contributed by atoms with van der Waals surface area (Å²) >= 11 is 0. The van der Waals surface area contributed by atoms with Crippen LogP contribution in [0.25, 0.3) is 33.5 Å². The van der Waals surface area contributed by atoms with E-state index in [1.54, 1.807) is 0 Å². The Kier molecular flexibility index (Phi) is 8.69. The summed E-state index contributed by atoms with van der Waals surface area (Å²) in [7, 11) is 0. The second kappa shape index (κ2) is 12.9. The van der Waals surface area contributed by atoms with Crippen molar-refractivity contribution in [3.05, 3.63) is 109 Å². The van der Waals surface area contributed by atoms with Crippen molar-refractivity contribution in [1.29, 1.82) is 0 Å². The number of para-hydroxylation sites is 3. The number of fused-ring (bicyclic) bond motifs is 1. The molecule has 5 aromatic rings. The molecule has 0 spiro atoms. The zero-order chi connectivity index (χ0) is 26.9. The Balaban J connectivity index is 1.33. The van der Waals surface area contributed by atoms with Crippen molar-refractivity contribution >= 4 is 17.0 Å². The van der Waals surface area contributed by atoms with Crippen molar-refractivity contribution in [2.75, 3.05) is 13.2 Å². The summed E-state index contributed by atoms with van der Waals surface area (Å²) in [5.74, 6) is 1.69. The van der Waals surface area contributed by atoms with Crippen molar-refractivity contribution in [1.82, 2.24) is 9.55 Å². The highest BCUT2D eigenvalue weighted by Crippen LogP contribution is 2.30. The van der Waals surface area contributed by atoms with Gasteiger partial charge in [0.2, 0.25) is 0 Å². The van der Waals surface area contributed by atoms with Gasteiger partial charge in [0, 0.05) is 17.5 Å². The molecule has 4 aromatic carbocycles. The van der Waals surface area contributed by atoms with Crippen LogP contribution in [0.2, 0.25) is 0 Å². The molecule has 39 heavy (non-hydrogen) atoms. The maximum Gasteiger partial charge on any atom is 0.305 e. The average molecular weight is 519 g/mol. The second-order valence-electron chi connectivity index (χ2n) is 9.53. The van der Waals surface area contributed by atoms with Crippen molar-refractivity contribution in [2.24, 2.45) is 0 Å². The summed E-state index contributed by atoms with van der Waals surface area (Å²) < 4.78 is 13.5. The van der Waals surface area contributed by atoms with Gasteiger partial charge in [-0.05, 0) is 55.5 Å². The smallest absolute Gasteiger partial charge is 0.305 e. The number of ether oxygens (including phenoxy) is 2. The highest BCUT2D eigenvalue weighted by atomic mass is 16.5. The first kappa shape index (κ1) is 26.2. The van der Waals surface area contributed by atoms with E-state index in [1.165, 1.54) is 11.1 Å². The van der Waals surface area contributed by atoms with Gasteiger partial charge < -0.3 is 14.0 Å². The molecule has 1 heterocycles. The molecule has 0 radical (unpaired) electrons.